The van der Waals surface area contributed by atoms with Gasteiger partial charge >= 0.3 is 0 Å². The van der Waals surface area contributed by atoms with E-state index in [4.69, 9.17) is 4.74 Å². The number of hydrogen-bond acceptors (Lipinski definition) is 2. The van der Waals surface area contributed by atoms with Crippen LogP contribution in [0.2, 0.25) is 0 Å². The van der Waals surface area contributed by atoms with Crippen LogP contribution in [0.25, 0.3) is 0 Å². The fourth-order valence-electron chi connectivity index (χ4n) is 2.45. The maximum Gasteiger partial charge on any atom is 0.0777 e. The summed E-state index contributed by atoms with van der Waals surface area (Å²) < 4.78 is 5.60. The highest BCUT2D eigenvalue weighted by atomic mass is 16.5. The Morgan fingerprint density at radius 3 is 2.75 bits per heavy atom. The Bertz CT molecular complexity index is 325. The second-order valence-electron chi connectivity index (χ2n) is 4.95. The van der Waals surface area contributed by atoms with Gasteiger partial charge in [0.25, 0.3) is 0 Å². The van der Waals surface area contributed by atoms with Crippen LogP contribution in [0.3, 0.4) is 0 Å². The van der Waals surface area contributed by atoms with Crippen LogP contribution < -0.4 is 0 Å². The Morgan fingerprint density at radius 1 is 1.31 bits per heavy atom. The first-order valence-electron chi connectivity index (χ1n) is 6.03. The molecule has 0 radical (unpaired) electrons. The van der Waals surface area contributed by atoms with E-state index in [1.54, 1.807) is 0 Å². The number of likely N-dealkylation sites (tertiary alicyclic amines) is 1. The van der Waals surface area contributed by atoms with E-state index in [0.717, 1.165) is 13.1 Å². The van der Waals surface area contributed by atoms with Crippen molar-refractivity contribution in [2.75, 3.05) is 20.2 Å². The summed E-state index contributed by atoms with van der Waals surface area (Å²) in [7, 11) is 1.83. The minimum atomic E-state index is 0.0486. The molecule has 1 fully saturated rings. The zero-order valence-electron chi connectivity index (χ0n) is 10.3. The van der Waals surface area contributed by atoms with E-state index in [1.165, 1.54) is 24.9 Å². The molecule has 0 aliphatic carbocycles. The molecule has 1 saturated heterocycles. The maximum absolute atomic E-state index is 5.60. The van der Waals surface area contributed by atoms with Gasteiger partial charge in [0.1, 0.15) is 0 Å². The average Bonchev–Trinajstić information content (AvgIpc) is 2.30. The van der Waals surface area contributed by atoms with Crippen molar-refractivity contribution in [3.05, 3.63) is 35.9 Å². The minimum Gasteiger partial charge on any atom is -0.377 e. The number of nitrogens with zero attached hydrogens (tertiary/aromatic N) is 1. The third-order valence-corrected chi connectivity index (χ3v) is 3.48. The summed E-state index contributed by atoms with van der Waals surface area (Å²) in [5.74, 6) is 0. The second-order valence-corrected chi connectivity index (χ2v) is 4.95. The third-order valence-electron chi connectivity index (χ3n) is 3.48. The van der Waals surface area contributed by atoms with Gasteiger partial charge in [-0.05, 0) is 31.9 Å². The van der Waals surface area contributed by atoms with Gasteiger partial charge in [-0.3, -0.25) is 4.90 Å². The van der Waals surface area contributed by atoms with Gasteiger partial charge in [0.2, 0.25) is 0 Å². The van der Waals surface area contributed by atoms with E-state index in [2.05, 4.69) is 42.2 Å². The highest BCUT2D eigenvalue weighted by Gasteiger charge is 2.30. The van der Waals surface area contributed by atoms with Crippen molar-refractivity contribution >= 4 is 0 Å². The number of rotatable bonds is 3. The van der Waals surface area contributed by atoms with Gasteiger partial charge in [-0.15, -0.1) is 0 Å². The maximum atomic E-state index is 5.60. The van der Waals surface area contributed by atoms with Crippen LogP contribution in [0.4, 0.5) is 0 Å². The van der Waals surface area contributed by atoms with E-state index in [9.17, 15) is 0 Å². The summed E-state index contributed by atoms with van der Waals surface area (Å²) in [6.07, 6.45) is 2.41. The van der Waals surface area contributed by atoms with Gasteiger partial charge < -0.3 is 4.74 Å². The van der Waals surface area contributed by atoms with Crippen molar-refractivity contribution in [3.8, 4) is 0 Å². The first kappa shape index (κ1) is 11.6. The molecule has 0 aromatic heterocycles. The van der Waals surface area contributed by atoms with E-state index in [1.807, 2.05) is 7.11 Å². The van der Waals surface area contributed by atoms with Crippen molar-refractivity contribution in [2.24, 2.45) is 0 Å². The van der Waals surface area contributed by atoms with E-state index in [0.29, 0.717) is 0 Å². The van der Waals surface area contributed by atoms with Crippen LogP contribution in [-0.4, -0.2) is 30.7 Å². The molecule has 0 N–H and O–H groups in total. The molecule has 1 heterocycles. The number of methoxy groups -OCH3 is 1. The third kappa shape index (κ3) is 2.83. The number of ether oxygens (including phenoxy) is 1. The van der Waals surface area contributed by atoms with Crippen LogP contribution in [0.1, 0.15) is 25.3 Å². The number of benzene rings is 1. The molecular formula is C14H21NO. The normalized spacial score (nSPS) is 26.9. The molecule has 2 rings (SSSR count). The molecular weight excluding hydrogens is 198 g/mol. The zero-order chi connectivity index (χ0) is 11.4. The molecule has 1 aromatic carbocycles. The van der Waals surface area contributed by atoms with Crippen molar-refractivity contribution in [2.45, 2.75) is 31.9 Å². The lowest BCUT2D eigenvalue weighted by atomic mass is 9.94. The van der Waals surface area contributed by atoms with E-state index >= 15 is 0 Å². The Morgan fingerprint density at radius 2 is 2.06 bits per heavy atom. The van der Waals surface area contributed by atoms with Crippen LogP contribution >= 0.6 is 0 Å². The van der Waals surface area contributed by atoms with Crippen LogP contribution in [-0.2, 0) is 11.3 Å². The highest BCUT2D eigenvalue weighted by molar-refractivity contribution is 5.14. The fraction of sp³-hybridized carbons (Fsp3) is 0.571. The van der Waals surface area contributed by atoms with Gasteiger partial charge in [-0.1, -0.05) is 30.3 Å². The van der Waals surface area contributed by atoms with E-state index < -0.39 is 0 Å². The van der Waals surface area contributed by atoms with Gasteiger partial charge in [0, 0.05) is 20.2 Å². The molecule has 1 aliphatic rings. The van der Waals surface area contributed by atoms with Gasteiger partial charge in [0.05, 0.1) is 5.60 Å². The summed E-state index contributed by atoms with van der Waals surface area (Å²) >= 11 is 0. The topological polar surface area (TPSA) is 12.5 Å². The Kier molecular flexibility index (Phi) is 3.62. The molecule has 1 aliphatic heterocycles. The lowest BCUT2D eigenvalue weighted by Gasteiger charge is -2.39. The summed E-state index contributed by atoms with van der Waals surface area (Å²) in [6, 6.07) is 10.7. The number of hydrogen-bond donors (Lipinski definition) is 0. The molecule has 0 spiro atoms. The van der Waals surface area contributed by atoms with Crippen molar-refractivity contribution in [1.82, 2.24) is 4.90 Å². The zero-order valence-corrected chi connectivity index (χ0v) is 10.3. The Labute approximate surface area is 98.2 Å². The second kappa shape index (κ2) is 4.98. The molecule has 0 saturated carbocycles. The number of piperidine rings is 1. The molecule has 0 amide bonds. The van der Waals surface area contributed by atoms with Crippen LogP contribution in [0.15, 0.2) is 30.3 Å². The Hall–Kier alpha value is -0.860. The van der Waals surface area contributed by atoms with Crippen LogP contribution in [0.5, 0.6) is 0 Å². The fourth-order valence-corrected chi connectivity index (χ4v) is 2.45. The lowest BCUT2D eigenvalue weighted by molar-refractivity contribution is -0.0527. The van der Waals surface area contributed by atoms with E-state index in [-0.39, 0.29) is 5.60 Å². The average molecular weight is 219 g/mol. The smallest absolute Gasteiger partial charge is 0.0777 e. The van der Waals surface area contributed by atoms with Crippen molar-refractivity contribution in [1.29, 1.82) is 0 Å². The van der Waals surface area contributed by atoms with Crippen LogP contribution in [0, 0.1) is 0 Å². The standard InChI is InChI=1S/C14H21NO/c1-14(16-2)9-6-10-15(12-14)11-13-7-4-3-5-8-13/h3-5,7-8H,6,9-12H2,1-2H3. The van der Waals surface area contributed by atoms with Gasteiger partial charge in [-0.2, -0.15) is 0 Å². The summed E-state index contributed by atoms with van der Waals surface area (Å²) in [6.45, 7) is 5.48. The summed E-state index contributed by atoms with van der Waals surface area (Å²) in [4.78, 5) is 2.49. The van der Waals surface area contributed by atoms with Crippen molar-refractivity contribution in [3.63, 3.8) is 0 Å². The Balaban J connectivity index is 1.96. The largest absolute Gasteiger partial charge is 0.377 e. The lowest BCUT2D eigenvalue weighted by Crippen LogP contribution is -2.46. The van der Waals surface area contributed by atoms with Gasteiger partial charge in [0.15, 0.2) is 0 Å². The first-order chi connectivity index (χ1) is 7.72. The predicted octanol–water partition coefficient (Wildman–Crippen LogP) is 2.69. The molecule has 16 heavy (non-hydrogen) atoms. The first-order valence-corrected chi connectivity index (χ1v) is 6.03. The molecule has 0 bridgehead atoms. The van der Waals surface area contributed by atoms with Gasteiger partial charge in [-0.25, -0.2) is 0 Å². The molecule has 1 atom stereocenters. The summed E-state index contributed by atoms with van der Waals surface area (Å²) in [5.41, 5.74) is 1.44. The molecule has 1 aromatic rings. The molecule has 2 heteroatoms. The quantitative estimate of drug-likeness (QED) is 0.775. The monoisotopic (exact) mass is 219 g/mol. The van der Waals surface area contributed by atoms with Crippen molar-refractivity contribution < 1.29 is 4.74 Å². The molecule has 1 unspecified atom stereocenters. The minimum absolute atomic E-state index is 0.0486. The molecule has 2 nitrogen and oxygen atoms in total. The predicted molar refractivity (Wildman–Crippen MR) is 66.4 cm³/mol. The highest BCUT2D eigenvalue weighted by Crippen LogP contribution is 2.24. The molecule has 88 valence electrons. The SMILES string of the molecule is COC1(C)CCCN(Cc2ccccc2)C1. The summed E-state index contributed by atoms with van der Waals surface area (Å²) in [5, 5.41) is 0.